The number of esters is 2. The highest BCUT2D eigenvalue weighted by atomic mass is 16.5. The number of hydrogen-bond donors (Lipinski definition) is 3. The van der Waals surface area contributed by atoms with E-state index >= 15 is 0 Å². The van der Waals surface area contributed by atoms with Crippen molar-refractivity contribution in [2.75, 3.05) is 19.8 Å². The molecule has 0 aromatic heterocycles. The van der Waals surface area contributed by atoms with Gasteiger partial charge in [-0.2, -0.15) is 0 Å². The lowest BCUT2D eigenvalue weighted by Gasteiger charge is -2.26. The molecule has 7 nitrogen and oxygen atoms in total. The van der Waals surface area contributed by atoms with Gasteiger partial charge in [-0.05, 0) is 12.8 Å². The zero-order chi connectivity index (χ0) is 21.4. The van der Waals surface area contributed by atoms with Crippen LogP contribution in [0.2, 0.25) is 0 Å². The van der Waals surface area contributed by atoms with Crippen molar-refractivity contribution in [1.29, 1.82) is 0 Å². The predicted octanol–water partition coefficient (Wildman–Crippen LogP) is 2.73. The number of carbonyl (C=O) groups is 2. The molecule has 0 radical (unpaired) electrons. The Bertz CT molecular complexity index is 391. The van der Waals surface area contributed by atoms with E-state index < -0.39 is 29.6 Å². The van der Waals surface area contributed by atoms with Gasteiger partial charge >= 0.3 is 11.9 Å². The first-order valence-electron chi connectivity index (χ1n) is 10.5. The quantitative estimate of drug-likeness (QED) is 0.252. The third-order valence-electron chi connectivity index (χ3n) is 4.63. The topological polar surface area (TPSA) is 113 Å². The molecule has 28 heavy (non-hydrogen) atoms. The summed E-state index contributed by atoms with van der Waals surface area (Å²) in [6.45, 7) is 5.22. The fraction of sp³-hybridized carbons (Fsp3) is 0.905. The monoisotopic (exact) mass is 404 g/mol. The van der Waals surface area contributed by atoms with E-state index in [1.54, 1.807) is 6.92 Å². The van der Waals surface area contributed by atoms with Gasteiger partial charge in [0.15, 0.2) is 0 Å². The standard InChI is InChI=1S/C21H40O7/c1-4-6-8-10-17(23)12-19(25)27-15-21(3,14-22)16-28-20(26)13-18(24)11-9-7-5-2/h17-18,22-24H,4-16H2,1-3H3. The second kappa shape index (κ2) is 15.7. The molecule has 0 aliphatic heterocycles. The van der Waals surface area contributed by atoms with E-state index in [-0.39, 0.29) is 32.7 Å². The van der Waals surface area contributed by atoms with Crippen molar-refractivity contribution >= 4 is 11.9 Å². The summed E-state index contributed by atoms with van der Waals surface area (Å²) in [5.41, 5.74) is -0.925. The molecular formula is C21H40O7. The van der Waals surface area contributed by atoms with Gasteiger partial charge in [0.25, 0.3) is 0 Å². The van der Waals surface area contributed by atoms with Crippen LogP contribution in [-0.4, -0.2) is 59.3 Å². The van der Waals surface area contributed by atoms with Crippen LogP contribution in [0.1, 0.15) is 85.0 Å². The molecule has 0 fully saturated rings. The van der Waals surface area contributed by atoms with Crippen LogP contribution in [0.4, 0.5) is 0 Å². The number of hydrogen-bond acceptors (Lipinski definition) is 7. The van der Waals surface area contributed by atoms with Crippen LogP contribution in [0.3, 0.4) is 0 Å². The molecule has 0 aromatic rings. The second-order valence-electron chi connectivity index (χ2n) is 8.00. The Kier molecular flexibility index (Phi) is 15.0. The van der Waals surface area contributed by atoms with E-state index in [1.807, 2.05) is 0 Å². The van der Waals surface area contributed by atoms with Crippen molar-refractivity contribution in [1.82, 2.24) is 0 Å². The number of aliphatic hydroxyl groups excluding tert-OH is 3. The SMILES string of the molecule is CCCCCC(O)CC(=O)OCC(C)(CO)COC(=O)CC(O)CCCCC. The highest BCUT2D eigenvalue weighted by molar-refractivity contribution is 5.70. The lowest BCUT2D eigenvalue weighted by molar-refractivity contribution is -0.157. The van der Waals surface area contributed by atoms with E-state index in [0.29, 0.717) is 12.8 Å². The lowest BCUT2D eigenvalue weighted by Crippen LogP contribution is -2.35. The minimum Gasteiger partial charge on any atom is -0.465 e. The van der Waals surface area contributed by atoms with Crippen LogP contribution >= 0.6 is 0 Å². The third-order valence-corrected chi connectivity index (χ3v) is 4.63. The maximum absolute atomic E-state index is 11.9. The number of carbonyl (C=O) groups excluding carboxylic acids is 2. The smallest absolute Gasteiger partial charge is 0.308 e. The van der Waals surface area contributed by atoms with Gasteiger partial charge in [0.05, 0.1) is 37.1 Å². The molecule has 2 atom stereocenters. The van der Waals surface area contributed by atoms with Crippen LogP contribution in [0.25, 0.3) is 0 Å². The van der Waals surface area contributed by atoms with Crippen LogP contribution in [0.5, 0.6) is 0 Å². The Morgan fingerprint density at radius 3 is 1.54 bits per heavy atom. The molecule has 0 spiro atoms. The van der Waals surface area contributed by atoms with Gasteiger partial charge < -0.3 is 24.8 Å². The first-order valence-corrected chi connectivity index (χ1v) is 10.5. The molecule has 0 saturated carbocycles. The fourth-order valence-electron chi connectivity index (χ4n) is 2.61. The first kappa shape index (κ1) is 26.8. The van der Waals surface area contributed by atoms with Gasteiger partial charge in [-0.25, -0.2) is 0 Å². The van der Waals surface area contributed by atoms with Crippen LogP contribution in [0, 0.1) is 5.41 Å². The summed E-state index contributed by atoms with van der Waals surface area (Å²) >= 11 is 0. The maximum atomic E-state index is 11.9. The molecule has 0 bridgehead atoms. The molecule has 7 heteroatoms. The average Bonchev–Trinajstić information content (AvgIpc) is 2.65. The highest BCUT2D eigenvalue weighted by Crippen LogP contribution is 2.18. The van der Waals surface area contributed by atoms with Crippen LogP contribution in [0.15, 0.2) is 0 Å². The Hall–Kier alpha value is -1.18. The first-order chi connectivity index (χ1) is 13.3. The van der Waals surface area contributed by atoms with Gasteiger partial charge in [0.2, 0.25) is 0 Å². The molecule has 0 saturated heterocycles. The minimum absolute atomic E-state index is 0.0883. The molecule has 0 heterocycles. The summed E-state index contributed by atoms with van der Waals surface area (Å²) in [6, 6.07) is 0. The van der Waals surface area contributed by atoms with E-state index in [9.17, 15) is 24.9 Å². The van der Waals surface area contributed by atoms with Crippen molar-refractivity contribution in [3.63, 3.8) is 0 Å². The summed E-state index contributed by atoms with van der Waals surface area (Å²) in [7, 11) is 0. The largest absolute Gasteiger partial charge is 0.465 e. The number of unbranched alkanes of at least 4 members (excludes halogenated alkanes) is 4. The lowest BCUT2D eigenvalue weighted by atomic mass is 9.94. The molecular weight excluding hydrogens is 364 g/mol. The fourth-order valence-corrected chi connectivity index (χ4v) is 2.61. The third kappa shape index (κ3) is 13.9. The molecule has 0 aliphatic carbocycles. The van der Waals surface area contributed by atoms with Crippen LogP contribution in [-0.2, 0) is 19.1 Å². The van der Waals surface area contributed by atoms with Crippen molar-refractivity contribution in [3.05, 3.63) is 0 Å². The van der Waals surface area contributed by atoms with Gasteiger partial charge in [0, 0.05) is 0 Å². The summed E-state index contributed by atoms with van der Waals surface area (Å²) in [4.78, 5) is 23.7. The van der Waals surface area contributed by atoms with E-state index in [4.69, 9.17) is 9.47 Å². The van der Waals surface area contributed by atoms with Crippen molar-refractivity contribution in [2.24, 2.45) is 5.41 Å². The molecule has 166 valence electrons. The molecule has 3 N–H and O–H groups in total. The predicted molar refractivity (Wildman–Crippen MR) is 107 cm³/mol. The van der Waals surface area contributed by atoms with Crippen molar-refractivity contribution in [3.8, 4) is 0 Å². The van der Waals surface area contributed by atoms with Gasteiger partial charge in [-0.1, -0.05) is 59.3 Å². The summed E-state index contributed by atoms with van der Waals surface area (Å²) in [6.07, 6.45) is 5.29. The molecule has 0 aliphatic rings. The van der Waals surface area contributed by atoms with E-state index in [1.165, 1.54) is 0 Å². The highest BCUT2D eigenvalue weighted by Gasteiger charge is 2.28. The normalized spacial score (nSPS) is 15.5. The van der Waals surface area contributed by atoms with Gasteiger partial charge in [-0.15, -0.1) is 0 Å². The number of aliphatic hydroxyl groups is 3. The zero-order valence-electron chi connectivity index (χ0n) is 17.8. The molecule has 0 rings (SSSR count). The van der Waals surface area contributed by atoms with Crippen LogP contribution < -0.4 is 0 Å². The van der Waals surface area contributed by atoms with Crippen molar-refractivity contribution in [2.45, 2.75) is 97.2 Å². The molecule has 0 aromatic carbocycles. The summed E-state index contributed by atoms with van der Waals surface area (Å²) in [5, 5.41) is 29.2. The molecule has 2 unspecified atom stereocenters. The van der Waals surface area contributed by atoms with Crippen molar-refractivity contribution < 1.29 is 34.4 Å². The number of rotatable bonds is 17. The second-order valence-corrected chi connectivity index (χ2v) is 8.00. The van der Waals surface area contributed by atoms with E-state index in [2.05, 4.69) is 13.8 Å². The average molecular weight is 405 g/mol. The van der Waals surface area contributed by atoms with E-state index in [0.717, 1.165) is 38.5 Å². The Balaban J connectivity index is 4.18. The maximum Gasteiger partial charge on any atom is 0.308 e. The zero-order valence-corrected chi connectivity index (χ0v) is 17.8. The molecule has 0 amide bonds. The Labute approximate surface area is 169 Å². The summed E-state index contributed by atoms with van der Waals surface area (Å²) in [5.74, 6) is -1.08. The summed E-state index contributed by atoms with van der Waals surface area (Å²) < 4.78 is 10.3. The Morgan fingerprint density at radius 2 is 1.21 bits per heavy atom. The van der Waals surface area contributed by atoms with Gasteiger partial charge in [-0.3, -0.25) is 9.59 Å². The van der Waals surface area contributed by atoms with Gasteiger partial charge in [0.1, 0.15) is 13.2 Å². The minimum atomic E-state index is -0.925. The number of ether oxygens (including phenoxy) is 2. The Morgan fingerprint density at radius 1 is 0.821 bits per heavy atom.